The van der Waals surface area contributed by atoms with Crippen LogP contribution in [-0.4, -0.2) is 18.2 Å². The summed E-state index contributed by atoms with van der Waals surface area (Å²) in [6, 6.07) is 7.82. The van der Waals surface area contributed by atoms with Crippen LogP contribution in [0.15, 0.2) is 24.3 Å². The van der Waals surface area contributed by atoms with Crippen LogP contribution in [0.25, 0.3) is 0 Å². The molecule has 1 N–H and O–H groups in total. The zero-order chi connectivity index (χ0) is 14.5. The van der Waals surface area contributed by atoms with Crippen molar-refractivity contribution in [3.63, 3.8) is 0 Å². The molecule has 0 amide bonds. The zero-order valence-corrected chi connectivity index (χ0v) is 12.3. The fourth-order valence-electron chi connectivity index (χ4n) is 2.43. The fraction of sp³-hybridized carbons (Fsp3) is 0.562. The van der Waals surface area contributed by atoms with Crippen LogP contribution in [0.4, 0.5) is 0 Å². The number of esters is 1. The largest absolute Gasteiger partial charge is 0.469 e. The van der Waals surface area contributed by atoms with Crippen molar-refractivity contribution in [1.29, 1.82) is 0 Å². The monoisotopic (exact) mass is 264 g/mol. The highest BCUT2D eigenvalue weighted by atomic mass is 16.5. The predicted molar refractivity (Wildman–Crippen MR) is 75.8 cm³/mol. The van der Waals surface area contributed by atoms with Crippen molar-refractivity contribution in [2.45, 2.75) is 45.6 Å². The molecular formula is C16H24O3. The standard InChI is InChI=1S/C16H24O3/c1-5-7-12-8-10-13(11-9-12)16(3,18)14(6-2)15(17)19-4/h8-11,14,18H,5-7H2,1-4H3. The van der Waals surface area contributed by atoms with Crippen LogP contribution < -0.4 is 0 Å². The summed E-state index contributed by atoms with van der Waals surface area (Å²) < 4.78 is 4.77. The molecule has 1 rings (SSSR count). The lowest BCUT2D eigenvalue weighted by molar-refractivity contribution is -0.155. The molecule has 106 valence electrons. The first-order valence-corrected chi connectivity index (χ1v) is 6.86. The Labute approximate surface area is 115 Å². The lowest BCUT2D eigenvalue weighted by atomic mass is 9.81. The molecule has 0 saturated carbocycles. The highest BCUT2D eigenvalue weighted by Gasteiger charge is 2.38. The molecule has 1 aromatic carbocycles. The van der Waals surface area contributed by atoms with E-state index in [2.05, 4.69) is 6.92 Å². The molecule has 0 spiro atoms. The number of carbonyl (C=O) groups excluding carboxylic acids is 1. The molecule has 3 heteroatoms. The van der Waals surface area contributed by atoms with Gasteiger partial charge in [0.15, 0.2) is 0 Å². The summed E-state index contributed by atoms with van der Waals surface area (Å²) in [5.74, 6) is -0.917. The molecule has 0 aliphatic rings. The topological polar surface area (TPSA) is 46.5 Å². The van der Waals surface area contributed by atoms with Gasteiger partial charge in [-0.3, -0.25) is 4.79 Å². The predicted octanol–water partition coefficient (Wildman–Crippen LogP) is 3.05. The molecule has 0 aliphatic heterocycles. The van der Waals surface area contributed by atoms with Gasteiger partial charge in [-0.15, -0.1) is 0 Å². The van der Waals surface area contributed by atoms with E-state index in [0.717, 1.165) is 18.4 Å². The van der Waals surface area contributed by atoms with E-state index in [1.807, 2.05) is 31.2 Å². The van der Waals surface area contributed by atoms with E-state index in [-0.39, 0.29) is 5.97 Å². The summed E-state index contributed by atoms with van der Waals surface area (Å²) in [5.41, 5.74) is 0.796. The molecule has 0 fully saturated rings. The summed E-state index contributed by atoms with van der Waals surface area (Å²) in [4.78, 5) is 11.8. The molecule has 0 radical (unpaired) electrons. The highest BCUT2D eigenvalue weighted by molar-refractivity contribution is 5.74. The summed E-state index contributed by atoms with van der Waals surface area (Å²) in [6.45, 7) is 5.68. The van der Waals surface area contributed by atoms with E-state index < -0.39 is 11.5 Å². The fourth-order valence-corrected chi connectivity index (χ4v) is 2.43. The van der Waals surface area contributed by atoms with Gasteiger partial charge < -0.3 is 9.84 Å². The molecule has 2 unspecified atom stereocenters. The molecule has 3 nitrogen and oxygen atoms in total. The van der Waals surface area contributed by atoms with Gasteiger partial charge in [0.1, 0.15) is 5.60 Å². The minimum atomic E-state index is -1.20. The third-order valence-corrected chi connectivity index (χ3v) is 3.65. The van der Waals surface area contributed by atoms with E-state index in [1.165, 1.54) is 12.7 Å². The van der Waals surface area contributed by atoms with Gasteiger partial charge in [-0.2, -0.15) is 0 Å². The molecule has 1 aromatic rings. The second-order valence-electron chi connectivity index (χ2n) is 5.08. The number of benzene rings is 1. The van der Waals surface area contributed by atoms with Crippen molar-refractivity contribution in [2.75, 3.05) is 7.11 Å². The quantitative estimate of drug-likeness (QED) is 0.803. The van der Waals surface area contributed by atoms with Gasteiger partial charge in [0.05, 0.1) is 13.0 Å². The first-order valence-electron chi connectivity index (χ1n) is 6.86. The number of carbonyl (C=O) groups is 1. The maximum absolute atomic E-state index is 11.8. The Bertz CT molecular complexity index is 407. The lowest BCUT2D eigenvalue weighted by Gasteiger charge is -2.31. The normalized spacial score (nSPS) is 15.6. The summed E-state index contributed by atoms with van der Waals surface area (Å²) in [7, 11) is 1.35. The summed E-state index contributed by atoms with van der Waals surface area (Å²) in [5, 5.41) is 10.7. The number of aryl methyl sites for hydroxylation is 1. The van der Waals surface area contributed by atoms with Gasteiger partial charge in [0.2, 0.25) is 0 Å². The van der Waals surface area contributed by atoms with E-state index in [9.17, 15) is 9.90 Å². The Morgan fingerprint density at radius 1 is 1.32 bits per heavy atom. The van der Waals surface area contributed by atoms with Crippen molar-refractivity contribution < 1.29 is 14.6 Å². The molecule has 0 heterocycles. The van der Waals surface area contributed by atoms with Crippen molar-refractivity contribution in [3.8, 4) is 0 Å². The minimum Gasteiger partial charge on any atom is -0.469 e. The highest BCUT2D eigenvalue weighted by Crippen LogP contribution is 2.32. The second kappa shape index (κ2) is 6.71. The minimum absolute atomic E-state index is 0.370. The van der Waals surface area contributed by atoms with Gasteiger partial charge in [0.25, 0.3) is 0 Å². The number of ether oxygens (including phenoxy) is 1. The van der Waals surface area contributed by atoms with Gasteiger partial charge >= 0.3 is 5.97 Å². The molecular weight excluding hydrogens is 240 g/mol. The second-order valence-corrected chi connectivity index (χ2v) is 5.08. The SMILES string of the molecule is CCCc1ccc(C(C)(O)C(CC)C(=O)OC)cc1. The molecule has 0 bridgehead atoms. The number of hydrogen-bond donors (Lipinski definition) is 1. The molecule has 0 saturated heterocycles. The summed E-state index contributed by atoms with van der Waals surface area (Å²) in [6.07, 6.45) is 2.66. The van der Waals surface area contributed by atoms with E-state index in [4.69, 9.17) is 4.74 Å². The van der Waals surface area contributed by atoms with Crippen LogP contribution in [-0.2, 0) is 21.6 Å². The van der Waals surface area contributed by atoms with E-state index in [1.54, 1.807) is 6.92 Å². The maximum atomic E-state index is 11.8. The van der Waals surface area contributed by atoms with E-state index >= 15 is 0 Å². The average molecular weight is 264 g/mol. The van der Waals surface area contributed by atoms with Crippen LogP contribution in [0.5, 0.6) is 0 Å². The molecule has 0 aromatic heterocycles. The van der Waals surface area contributed by atoms with Gasteiger partial charge in [0, 0.05) is 0 Å². The number of rotatable bonds is 6. The van der Waals surface area contributed by atoms with Crippen LogP contribution in [0.1, 0.15) is 44.7 Å². The van der Waals surface area contributed by atoms with Crippen molar-refractivity contribution in [3.05, 3.63) is 35.4 Å². The smallest absolute Gasteiger partial charge is 0.311 e. The number of hydrogen-bond acceptors (Lipinski definition) is 3. The maximum Gasteiger partial charge on any atom is 0.311 e. The molecule has 19 heavy (non-hydrogen) atoms. The molecule has 2 atom stereocenters. The first-order chi connectivity index (χ1) is 8.97. The Hall–Kier alpha value is -1.35. The van der Waals surface area contributed by atoms with Gasteiger partial charge in [-0.1, -0.05) is 44.5 Å². The number of methoxy groups -OCH3 is 1. The van der Waals surface area contributed by atoms with Gasteiger partial charge in [-0.05, 0) is 30.9 Å². The Morgan fingerprint density at radius 3 is 2.32 bits per heavy atom. The molecule has 0 aliphatic carbocycles. The third kappa shape index (κ3) is 3.57. The van der Waals surface area contributed by atoms with Crippen molar-refractivity contribution in [2.24, 2.45) is 5.92 Å². The number of aliphatic hydroxyl groups is 1. The van der Waals surface area contributed by atoms with Gasteiger partial charge in [-0.25, -0.2) is 0 Å². The summed E-state index contributed by atoms with van der Waals surface area (Å²) >= 11 is 0. The third-order valence-electron chi connectivity index (χ3n) is 3.65. The lowest BCUT2D eigenvalue weighted by Crippen LogP contribution is -2.37. The Morgan fingerprint density at radius 2 is 1.89 bits per heavy atom. The van der Waals surface area contributed by atoms with Crippen molar-refractivity contribution in [1.82, 2.24) is 0 Å². The Kier molecular flexibility index (Phi) is 5.55. The van der Waals surface area contributed by atoms with Crippen molar-refractivity contribution >= 4 is 5.97 Å². The van der Waals surface area contributed by atoms with Crippen LogP contribution in [0.2, 0.25) is 0 Å². The first kappa shape index (κ1) is 15.7. The van der Waals surface area contributed by atoms with E-state index in [0.29, 0.717) is 6.42 Å². The Balaban J connectivity index is 3.00. The van der Waals surface area contributed by atoms with Crippen LogP contribution >= 0.6 is 0 Å². The zero-order valence-electron chi connectivity index (χ0n) is 12.3. The average Bonchev–Trinajstić information content (AvgIpc) is 2.40. The van der Waals surface area contributed by atoms with Crippen LogP contribution in [0, 0.1) is 5.92 Å². The van der Waals surface area contributed by atoms with Crippen LogP contribution in [0.3, 0.4) is 0 Å².